The highest BCUT2D eigenvalue weighted by atomic mass is 79.9. The van der Waals surface area contributed by atoms with Crippen LogP contribution in [-0.2, 0) is 0 Å². The molecule has 0 saturated heterocycles. The molecule has 0 aliphatic carbocycles. The lowest BCUT2D eigenvalue weighted by Crippen LogP contribution is -1.88. The second kappa shape index (κ2) is 4.69. The van der Waals surface area contributed by atoms with Gasteiger partial charge in [0, 0.05) is 18.0 Å². The Morgan fingerprint density at radius 2 is 2.08 bits per heavy atom. The van der Waals surface area contributed by atoms with Crippen molar-refractivity contribution in [1.29, 1.82) is 0 Å². The van der Waals surface area contributed by atoms with Gasteiger partial charge >= 0.3 is 0 Å². The van der Waals surface area contributed by atoms with Gasteiger partial charge in [0.05, 0.1) is 6.20 Å². The van der Waals surface area contributed by atoms with Crippen molar-refractivity contribution >= 4 is 52.1 Å². The summed E-state index contributed by atoms with van der Waals surface area (Å²) < 4.78 is 2.85. The minimum absolute atomic E-state index is 0. The molecule has 2 heterocycles. The van der Waals surface area contributed by atoms with Crippen molar-refractivity contribution in [3.05, 3.63) is 29.1 Å². The van der Waals surface area contributed by atoms with Crippen LogP contribution in [0.15, 0.2) is 29.1 Å². The van der Waals surface area contributed by atoms with E-state index < -0.39 is 0 Å². The van der Waals surface area contributed by atoms with Crippen LogP contribution >= 0.6 is 40.7 Å². The Morgan fingerprint density at radius 1 is 1.38 bits per heavy atom. The zero-order chi connectivity index (χ0) is 7.84. The Balaban J connectivity index is 0.000000720. The molecule has 2 rings (SSSR count). The molecule has 0 saturated carbocycles. The van der Waals surface area contributed by atoms with Crippen LogP contribution in [0.3, 0.4) is 0 Å². The number of imidazole rings is 1. The number of nitrogens with zero attached hydrogens (tertiary/aromatic N) is 2. The number of nitrogen functional groups attached to an aromatic ring is 1. The fourth-order valence-corrected chi connectivity index (χ4v) is 1.37. The highest BCUT2D eigenvalue weighted by molar-refractivity contribution is 9.10. The number of nitrogens with two attached hydrogens (primary N) is 1. The van der Waals surface area contributed by atoms with E-state index in [2.05, 4.69) is 20.9 Å². The Kier molecular flexibility index (Phi) is 4.53. The predicted octanol–water partition coefficient (Wildman–Crippen LogP) is 2.52. The molecule has 72 valence electrons. The molecule has 6 heteroatoms. The van der Waals surface area contributed by atoms with Crippen LogP contribution in [0.2, 0.25) is 0 Å². The Morgan fingerprint density at radius 3 is 2.77 bits per heavy atom. The number of fused-ring (bicyclic) bond motifs is 1. The van der Waals surface area contributed by atoms with Gasteiger partial charge in [0.1, 0.15) is 10.3 Å². The standard InChI is InChI=1S/C7H6BrN3.2ClH/c8-6-4-10-7-3-5(9)1-2-11(6)7;;/h1-4H,9H2;2*1H. The zero-order valence-corrected chi connectivity index (χ0v) is 9.69. The lowest BCUT2D eigenvalue weighted by Gasteiger charge is -1.95. The maximum Gasteiger partial charge on any atom is 0.139 e. The molecule has 0 bridgehead atoms. The number of anilines is 1. The number of pyridine rings is 1. The summed E-state index contributed by atoms with van der Waals surface area (Å²) in [6.45, 7) is 0. The van der Waals surface area contributed by atoms with Crippen molar-refractivity contribution in [1.82, 2.24) is 9.38 Å². The van der Waals surface area contributed by atoms with E-state index in [4.69, 9.17) is 5.73 Å². The van der Waals surface area contributed by atoms with E-state index in [9.17, 15) is 0 Å². The summed E-state index contributed by atoms with van der Waals surface area (Å²) in [5.41, 5.74) is 7.15. The monoisotopic (exact) mass is 283 g/mol. The summed E-state index contributed by atoms with van der Waals surface area (Å²) >= 11 is 3.35. The lowest BCUT2D eigenvalue weighted by atomic mass is 10.4. The highest BCUT2D eigenvalue weighted by Crippen LogP contribution is 2.14. The lowest BCUT2D eigenvalue weighted by molar-refractivity contribution is 1.16. The first-order valence-electron chi connectivity index (χ1n) is 3.15. The van der Waals surface area contributed by atoms with Crippen LogP contribution < -0.4 is 5.73 Å². The van der Waals surface area contributed by atoms with E-state index in [1.54, 1.807) is 6.20 Å². The molecule has 0 unspecified atom stereocenters. The largest absolute Gasteiger partial charge is 0.399 e. The number of hydrogen-bond donors (Lipinski definition) is 1. The van der Waals surface area contributed by atoms with Gasteiger partial charge in [0.2, 0.25) is 0 Å². The second-order valence-electron chi connectivity index (χ2n) is 2.27. The van der Waals surface area contributed by atoms with Gasteiger partial charge in [-0.1, -0.05) is 0 Å². The molecule has 0 aliphatic rings. The molecule has 0 amide bonds. The van der Waals surface area contributed by atoms with Crippen molar-refractivity contribution in [2.75, 3.05) is 5.73 Å². The Bertz CT molecular complexity index is 402. The van der Waals surface area contributed by atoms with Crippen molar-refractivity contribution in [2.45, 2.75) is 0 Å². The molecule has 0 spiro atoms. The molecule has 0 atom stereocenters. The van der Waals surface area contributed by atoms with Crippen LogP contribution in [0.4, 0.5) is 5.69 Å². The van der Waals surface area contributed by atoms with Gasteiger partial charge in [-0.2, -0.15) is 0 Å². The molecule has 13 heavy (non-hydrogen) atoms. The molecule has 0 aliphatic heterocycles. The first kappa shape index (κ1) is 12.6. The predicted molar refractivity (Wildman–Crippen MR) is 61.8 cm³/mol. The van der Waals surface area contributed by atoms with Gasteiger partial charge in [0.15, 0.2) is 0 Å². The third-order valence-corrected chi connectivity index (χ3v) is 2.08. The molecule has 2 N–H and O–H groups in total. The summed E-state index contributed by atoms with van der Waals surface area (Å²) in [5.74, 6) is 0. The Hall–Kier alpha value is -0.450. The fraction of sp³-hybridized carbons (Fsp3) is 0. The van der Waals surface area contributed by atoms with Crippen LogP contribution in [0.25, 0.3) is 5.65 Å². The average Bonchev–Trinajstić information content (AvgIpc) is 2.32. The summed E-state index contributed by atoms with van der Waals surface area (Å²) in [4.78, 5) is 4.12. The maximum absolute atomic E-state index is 5.56. The number of hydrogen-bond acceptors (Lipinski definition) is 2. The van der Waals surface area contributed by atoms with Gasteiger partial charge in [0.25, 0.3) is 0 Å². The van der Waals surface area contributed by atoms with Crippen LogP contribution in [0, 0.1) is 0 Å². The van der Waals surface area contributed by atoms with Crippen LogP contribution in [0.5, 0.6) is 0 Å². The topological polar surface area (TPSA) is 43.3 Å². The molecule has 2 aromatic rings. The zero-order valence-electron chi connectivity index (χ0n) is 6.48. The van der Waals surface area contributed by atoms with Gasteiger partial charge in [-0.3, -0.25) is 4.40 Å². The molecular formula is C7H8BrCl2N3. The third kappa shape index (κ3) is 2.27. The van der Waals surface area contributed by atoms with Crippen LogP contribution in [0.1, 0.15) is 0 Å². The molecule has 3 nitrogen and oxygen atoms in total. The first-order chi connectivity index (χ1) is 5.27. The van der Waals surface area contributed by atoms with Gasteiger partial charge in [-0.25, -0.2) is 4.98 Å². The van der Waals surface area contributed by atoms with E-state index in [0.717, 1.165) is 15.9 Å². The average molecular weight is 285 g/mol. The van der Waals surface area contributed by atoms with E-state index in [1.165, 1.54) is 0 Å². The van der Waals surface area contributed by atoms with E-state index in [-0.39, 0.29) is 24.8 Å². The number of halogens is 3. The van der Waals surface area contributed by atoms with E-state index >= 15 is 0 Å². The summed E-state index contributed by atoms with van der Waals surface area (Å²) in [5, 5.41) is 0. The minimum Gasteiger partial charge on any atom is -0.399 e. The number of rotatable bonds is 0. The number of aromatic nitrogens is 2. The summed E-state index contributed by atoms with van der Waals surface area (Å²) in [6.07, 6.45) is 3.62. The van der Waals surface area contributed by atoms with Crippen LogP contribution in [-0.4, -0.2) is 9.38 Å². The second-order valence-corrected chi connectivity index (χ2v) is 3.08. The van der Waals surface area contributed by atoms with Gasteiger partial charge < -0.3 is 5.73 Å². The molecule has 0 fully saturated rings. The van der Waals surface area contributed by atoms with E-state index in [1.807, 2.05) is 22.7 Å². The van der Waals surface area contributed by atoms with Crippen molar-refractivity contribution in [2.24, 2.45) is 0 Å². The maximum atomic E-state index is 5.56. The van der Waals surface area contributed by atoms with Gasteiger partial charge in [-0.05, 0) is 22.0 Å². The quantitative estimate of drug-likeness (QED) is 0.808. The fourth-order valence-electron chi connectivity index (χ4n) is 0.965. The first-order valence-corrected chi connectivity index (χ1v) is 3.95. The molecule has 0 radical (unpaired) electrons. The van der Waals surface area contributed by atoms with Crippen molar-refractivity contribution < 1.29 is 0 Å². The third-order valence-electron chi connectivity index (χ3n) is 1.49. The molecule has 0 aromatic carbocycles. The smallest absolute Gasteiger partial charge is 0.139 e. The minimum atomic E-state index is 0. The van der Waals surface area contributed by atoms with Crippen molar-refractivity contribution in [3.63, 3.8) is 0 Å². The molecular weight excluding hydrogens is 277 g/mol. The highest BCUT2D eigenvalue weighted by Gasteiger charge is 1.97. The normalized spacial score (nSPS) is 9.00. The summed E-state index contributed by atoms with van der Waals surface area (Å²) in [7, 11) is 0. The molecule has 2 aromatic heterocycles. The van der Waals surface area contributed by atoms with Gasteiger partial charge in [-0.15, -0.1) is 24.8 Å². The van der Waals surface area contributed by atoms with Crippen molar-refractivity contribution in [3.8, 4) is 0 Å². The van der Waals surface area contributed by atoms with E-state index in [0.29, 0.717) is 0 Å². The Labute approximate surface area is 96.3 Å². The summed E-state index contributed by atoms with van der Waals surface area (Å²) in [6, 6.07) is 3.66. The SMILES string of the molecule is Cl.Cl.Nc1ccn2c(Br)cnc2c1.